The molecule has 0 unspecified atom stereocenters. The van der Waals surface area contributed by atoms with Gasteiger partial charge in [-0.1, -0.05) is 30.3 Å². The van der Waals surface area contributed by atoms with Gasteiger partial charge in [0.2, 0.25) is 0 Å². The summed E-state index contributed by atoms with van der Waals surface area (Å²) in [6.45, 7) is 5.58. The highest BCUT2D eigenvalue weighted by atomic mass is 19.1. The predicted molar refractivity (Wildman–Crippen MR) is 120 cm³/mol. The van der Waals surface area contributed by atoms with Crippen molar-refractivity contribution in [1.82, 2.24) is 19.6 Å². The number of rotatable bonds is 5. The molecule has 0 N–H and O–H groups in total. The second-order valence-electron chi connectivity index (χ2n) is 8.86. The molecule has 0 radical (unpaired) electrons. The van der Waals surface area contributed by atoms with Gasteiger partial charge in [0, 0.05) is 31.6 Å². The molecule has 1 aromatic heterocycles. The van der Waals surface area contributed by atoms with Gasteiger partial charge >= 0.3 is 0 Å². The standard InChI is InChI=1S/C25H29FN4O/c26-21-8-6-19(7-9-21)10-15-28-16-11-20(12-17-28)18-29-13-3-14-30-24(25(29)31)22-4-1-2-5-23(22)27-30/h1-2,4-9,20H,3,10-18H2. The second-order valence-corrected chi connectivity index (χ2v) is 8.86. The average molecular weight is 421 g/mol. The Kier molecular flexibility index (Phi) is 5.72. The lowest BCUT2D eigenvalue weighted by Gasteiger charge is -2.34. The van der Waals surface area contributed by atoms with Gasteiger partial charge < -0.3 is 9.80 Å². The van der Waals surface area contributed by atoms with E-state index in [0.29, 0.717) is 5.92 Å². The number of likely N-dealkylation sites (tertiary alicyclic amines) is 1. The molecule has 0 aliphatic carbocycles. The quantitative estimate of drug-likeness (QED) is 0.627. The molecule has 2 aromatic carbocycles. The van der Waals surface area contributed by atoms with Gasteiger partial charge in [-0.05, 0) is 68.5 Å². The molecule has 162 valence electrons. The van der Waals surface area contributed by atoms with Crippen LogP contribution < -0.4 is 0 Å². The Hall–Kier alpha value is -2.73. The monoisotopic (exact) mass is 420 g/mol. The van der Waals surface area contributed by atoms with E-state index < -0.39 is 0 Å². The van der Waals surface area contributed by atoms with E-state index in [1.54, 1.807) is 0 Å². The molecule has 6 heteroatoms. The van der Waals surface area contributed by atoms with Crippen LogP contribution in [0.4, 0.5) is 4.39 Å². The number of hydrogen-bond donors (Lipinski definition) is 0. The van der Waals surface area contributed by atoms with Crippen molar-refractivity contribution in [2.75, 3.05) is 32.7 Å². The summed E-state index contributed by atoms with van der Waals surface area (Å²) >= 11 is 0. The molecule has 2 aliphatic heterocycles. The van der Waals surface area contributed by atoms with E-state index in [1.807, 2.05) is 41.1 Å². The number of carbonyl (C=O) groups is 1. The normalized spacial score (nSPS) is 18.4. The van der Waals surface area contributed by atoms with Crippen molar-refractivity contribution >= 4 is 16.8 Å². The minimum atomic E-state index is -0.177. The predicted octanol–water partition coefficient (Wildman–Crippen LogP) is 3.98. The lowest BCUT2D eigenvalue weighted by Crippen LogP contribution is -2.41. The molecular formula is C25H29FN4O. The van der Waals surface area contributed by atoms with Crippen molar-refractivity contribution in [3.8, 4) is 0 Å². The fraction of sp³-hybridized carbons (Fsp3) is 0.440. The van der Waals surface area contributed by atoms with E-state index in [0.717, 1.165) is 81.5 Å². The van der Waals surface area contributed by atoms with Crippen LogP contribution in [-0.2, 0) is 13.0 Å². The minimum absolute atomic E-state index is 0.130. The molecule has 3 heterocycles. The Bertz CT molecular complexity index is 1050. The number of halogens is 1. The summed E-state index contributed by atoms with van der Waals surface area (Å²) in [6.07, 6.45) is 4.14. The van der Waals surface area contributed by atoms with Crippen molar-refractivity contribution < 1.29 is 9.18 Å². The van der Waals surface area contributed by atoms with Gasteiger partial charge in [-0.25, -0.2) is 4.39 Å². The van der Waals surface area contributed by atoms with Crippen LogP contribution in [0, 0.1) is 11.7 Å². The van der Waals surface area contributed by atoms with Crippen LogP contribution in [0.5, 0.6) is 0 Å². The summed E-state index contributed by atoms with van der Waals surface area (Å²) in [4.78, 5) is 17.9. The van der Waals surface area contributed by atoms with E-state index in [9.17, 15) is 9.18 Å². The number of benzene rings is 2. The number of aryl methyl sites for hydroxylation is 1. The zero-order valence-corrected chi connectivity index (χ0v) is 17.8. The molecule has 2 aliphatic rings. The molecule has 31 heavy (non-hydrogen) atoms. The number of carbonyl (C=O) groups excluding carboxylic acids is 1. The highest BCUT2D eigenvalue weighted by molar-refractivity contribution is 6.05. The maximum Gasteiger partial charge on any atom is 0.272 e. The van der Waals surface area contributed by atoms with E-state index in [4.69, 9.17) is 0 Å². The van der Waals surface area contributed by atoms with Crippen molar-refractivity contribution in [2.24, 2.45) is 5.92 Å². The number of piperidine rings is 1. The summed E-state index contributed by atoms with van der Waals surface area (Å²) in [5, 5.41) is 5.61. The fourth-order valence-electron chi connectivity index (χ4n) is 4.95. The molecule has 5 nitrogen and oxygen atoms in total. The largest absolute Gasteiger partial charge is 0.337 e. The third-order valence-electron chi connectivity index (χ3n) is 6.75. The Morgan fingerprint density at radius 2 is 1.74 bits per heavy atom. The van der Waals surface area contributed by atoms with Crippen LogP contribution in [0.15, 0.2) is 48.5 Å². The second kappa shape index (κ2) is 8.79. The molecule has 1 saturated heterocycles. The minimum Gasteiger partial charge on any atom is -0.337 e. The topological polar surface area (TPSA) is 41.4 Å². The van der Waals surface area contributed by atoms with Gasteiger partial charge in [-0.2, -0.15) is 5.10 Å². The highest BCUT2D eigenvalue weighted by Crippen LogP contribution is 2.25. The zero-order chi connectivity index (χ0) is 21.2. The van der Waals surface area contributed by atoms with E-state index in [1.165, 1.54) is 17.7 Å². The first-order valence-electron chi connectivity index (χ1n) is 11.4. The fourth-order valence-corrected chi connectivity index (χ4v) is 4.95. The Morgan fingerprint density at radius 1 is 0.968 bits per heavy atom. The number of nitrogens with zero attached hydrogens (tertiary/aromatic N) is 4. The molecule has 0 atom stereocenters. The first-order chi connectivity index (χ1) is 15.2. The van der Waals surface area contributed by atoms with Crippen molar-refractivity contribution in [3.63, 3.8) is 0 Å². The summed E-state index contributed by atoms with van der Waals surface area (Å²) < 4.78 is 15.0. The van der Waals surface area contributed by atoms with Gasteiger partial charge in [0.05, 0.1) is 5.52 Å². The smallest absolute Gasteiger partial charge is 0.272 e. The highest BCUT2D eigenvalue weighted by Gasteiger charge is 2.29. The summed E-state index contributed by atoms with van der Waals surface area (Å²) in [5.74, 6) is 0.500. The SMILES string of the molecule is O=C1c2c3ccccc3nn2CCCN1CC1CCN(CCc2ccc(F)cc2)CC1. The molecule has 1 fully saturated rings. The Balaban J connectivity index is 1.17. The van der Waals surface area contributed by atoms with Crippen LogP contribution >= 0.6 is 0 Å². The maximum absolute atomic E-state index is 13.4. The number of amides is 1. The first kappa shape index (κ1) is 20.2. The van der Waals surface area contributed by atoms with Gasteiger partial charge in [0.15, 0.2) is 0 Å². The van der Waals surface area contributed by atoms with Crippen LogP contribution in [0.2, 0.25) is 0 Å². The van der Waals surface area contributed by atoms with Gasteiger partial charge in [0.25, 0.3) is 5.91 Å². The lowest BCUT2D eigenvalue weighted by molar-refractivity contribution is 0.0695. The lowest BCUT2D eigenvalue weighted by atomic mass is 9.95. The first-order valence-corrected chi connectivity index (χ1v) is 11.4. The molecular weight excluding hydrogens is 391 g/mol. The summed E-state index contributed by atoms with van der Waals surface area (Å²) in [5.41, 5.74) is 2.84. The van der Waals surface area contributed by atoms with Gasteiger partial charge in [-0.3, -0.25) is 9.48 Å². The molecule has 0 bridgehead atoms. The molecule has 3 aromatic rings. The van der Waals surface area contributed by atoms with E-state index in [2.05, 4.69) is 14.9 Å². The van der Waals surface area contributed by atoms with Crippen LogP contribution in [0.1, 0.15) is 35.3 Å². The summed E-state index contributed by atoms with van der Waals surface area (Å²) in [7, 11) is 0. The van der Waals surface area contributed by atoms with Gasteiger partial charge in [-0.15, -0.1) is 0 Å². The van der Waals surface area contributed by atoms with Crippen molar-refractivity contribution in [1.29, 1.82) is 0 Å². The van der Waals surface area contributed by atoms with E-state index in [-0.39, 0.29) is 11.7 Å². The van der Waals surface area contributed by atoms with Crippen molar-refractivity contribution in [2.45, 2.75) is 32.2 Å². The summed E-state index contributed by atoms with van der Waals surface area (Å²) in [6, 6.07) is 14.8. The van der Waals surface area contributed by atoms with Crippen LogP contribution in [0.25, 0.3) is 10.9 Å². The molecule has 0 spiro atoms. The zero-order valence-electron chi connectivity index (χ0n) is 17.8. The third kappa shape index (κ3) is 4.35. The third-order valence-corrected chi connectivity index (χ3v) is 6.75. The molecule has 0 saturated carbocycles. The maximum atomic E-state index is 13.4. The Morgan fingerprint density at radius 3 is 2.55 bits per heavy atom. The number of aromatic nitrogens is 2. The molecule has 5 rings (SSSR count). The Labute approximate surface area is 182 Å². The average Bonchev–Trinajstić information content (AvgIpc) is 3.09. The number of hydrogen-bond acceptors (Lipinski definition) is 3. The van der Waals surface area contributed by atoms with Gasteiger partial charge in [0.1, 0.15) is 11.5 Å². The van der Waals surface area contributed by atoms with E-state index >= 15 is 0 Å². The number of fused-ring (bicyclic) bond motifs is 3. The van der Waals surface area contributed by atoms with Crippen LogP contribution in [-0.4, -0.2) is 58.2 Å². The van der Waals surface area contributed by atoms with Crippen molar-refractivity contribution in [3.05, 3.63) is 65.6 Å². The van der Waals surface area contributed by atoms with Crippen LogP contribution in [0.3, 0.4) is 0 Å². The molecule has 1 amide bonds.